The average molecular weight is 444 g/mol. The highest BCUT2D eigenvalue weighted by Gasteiger charge is 2.34. The summed E-state index contributed by atoms with van der Waals surface area (Å²) in [5, 5.41) is 0. The number of hydrogen-bond acceptors (Lipinski definition) is 3. The maximum Gasteiger partial charge on any atom is 0.227 e. The second-order valence-corrected chi connectivity index (χ2v) is 8.59. The third kappa shape index (κ3) is 4.21. The molecule has 33 heavy (non-hydrogen) atoms. The van der Waals surface area contributed by atoms with Crippen LogP contribution in [0.5, 0.6) is 5.75 Å². The Morgan fingerprint density at radius 3 is 2.61 bits per heavy atom. The van der Waals surface area contributed by atoms with Crippen molar-refractivity contribution in [3.05, 3.63) is 89.5 Å². The Labute approximate surface area is 192 Å². The molecule has 0 saturated carbocycles. The molecule has 1 aliphatic rings. The normalized spacial score (nSPS) is 16.0. The lowest BCUT2D eigenvalue weighted by Crippen LogP contribution is -2.24. The van der Waals surface area contributed by atoms with E-state index in [-0.39, 0.29) is 17.6 Å². The van der Waals surface area contributed by atoms with Gasteiger partial charge in [0.05, 0.1) is 17.6 Å². The molecular weight excluding hydrogens is 417 g/mol. The van der Waals surface area contributed by atoms with Crippen molar-refractivity contribution in [2.45, 2.75) is 32.7 Å². The number of aromatic nitrogens is 2. The number of benzene rings is 3. The Hall–Kier alpha value is -3.67. The van der Waals surface area contributed by atoms with Crippen LogP contribution in [0.4, 0.5) is 10.1 Å². The summed E-state index contributed by atoms with van der Waals surface area (Å²) in [4.78, 5) is 19.4. The summed E-state index contributed by atoms with van der Waals surface area (Å²) in [6.07, 6.45) is 0.374. The number of halogens is 1. The lowest BCUT2D eigenvalue weighted by Gasteiger charge is -2.17. The van der Waals surface area contributed by atoms with Crippen LogP contribution in [0.3, 0.4) is 0 Å². The molecule has 0 bridgehead atoms. The molecule has 1 aliphatic heterocycles. The van der Waals surface area contributed by atoms with Gasteiger partial charge in [0.2, 0.25) is 5.91 Å². The van der Waals surface area contributed by atoms with Crippen LogP contribution in [-0.2, 0) is 11.3 Å². The first kappa shape index (κ1) is 21.2. The van der Waals surface area contributed by atoms with Crippen LogP contribution in [0, 0.1) is 19.7 Å². The SMILES string of the molecule is Cc1ccc(OCCn2c(C3CC(=O)N(c4ccc(F)cc4)C3)nc3ccccc32)cc1C. The van der Waals surface area contributed by atoms with Crippen molar-refractivity contribution in [3.8, 4) is 5.75 Å². The van der Waals surface area contributed by atoms with E-state index in [4.69, 9.17) is 9.72 Å². The Bertz CT molecular complexity index is 1310. The Balaban J connectivity index is 1.39. The van der Waals surface area contributed by atoms with Gasteiger partial charge in [0, 0.05) is 24.6 Å². The molecule has 6 heteroatoms. The molecule has 4 aromatic rings. The van der Waals surface area contributed by atoms with Gasteiger partial charge < -0.3 is 14.2 Å². The quantitative estimate of drug-likeness (QED) is 0.401. The largest absolute Gasteiger partial charge is 0.492 e. The molecule has 3 aromatic carbocycles. The minimum Gasteiger partial charge on any atom is -0.492 e. The van der Waals surface area contributed by atoms with Crippen LogP contribution in [0.25, 0.3) is 11.0 Å². The molecule has 2 heterocycles. The summed E-state index contributed by atoms with van der Waals surface area (Å²) in [5.74, 6) is 1.40. The molecular formula is C27H26FN3O2. The summed E-state index contributed by atoms with van der Waals surface area (Å²) in [6.45, 7) is 5.81. The molecule has 168 valence electrons. The van der Waals surface area contributed by atoms with Crippen molar-refractivity contribution in [3.63, 3.8) is 0 Å². The predicted octanol–water partition coefficient (Wildman–Crippen LogP) is 5.39. The van der Waals surface area contributed by atoms with Gasteiger partial charge >= 0.3 is 0 Å². The number of rotatable bonds is 6. The van der Waals surface area contributed by atoms with Crippen LogP contribution in [0.1, 0.15) is 29.3 Å². The number of anilines is 1. The van der Waals surface area contributed by atoms with Crippen LogP contribution >= 0.6 is 0 Å². The van der Waals surface area contributed by atoms with Gasteiger partial charge in [-0.25, -0.2) is 9.37 Å². The summed E-state index contributed by atoms with van der Waals surface area (Å²) >= 11 is 0. The van der Waals surface area contributed by atoms with E-state index < -0.39 is 0 Å². The van der Waals surface area contributed by atoms with Crippen molar-refractivity contribution < 1.29 is 13.9 Å². The van der Waals surface area contributed by atoms with E-state index in [1.807, 2.05) is 24.3 Å². The number of carbonyl (C=O) groups is 1. The third-order valence-electron chi connectivity index (χ3n) is 6.37. The lowest BCUT2D eigenvalue weighted by molar-refractivity contribution is -0.117. The Morgan fingerprint density at radius 2 is 1.82 bits per heavy atom. The first-order chi connectivity index (χ1) is 16.0. The zero-order chi connectivity index (χ0) is 22.9. The van der Waals surface area contributed by atoms with Crippen molar-refractivity contribution in [2.24, 2.45) is 0 Å². The third-order valence-corrected chi connectivity index (χ3v) is 6.37. The summed E-state index contributed by atoms with van der Waals surface area (Å²) < 4.78 is 21.5. The zero-order valence-electron chi connectivity index (χ0n) is 18.8. The number of hydrogen-bond donors (Lipinski definition) is 0. The molecule has 0 radical (unpaired) electrons. The van der Waals surface area contributed by atoms with Gasteiger partial charge in [-0.3, -0.25) is 4.79 Å². The molecule has 1 atom stereocenters. The average Bonchev–Trinajstić information content (AvgIpc) is 3.37. The molecule has 1 fully saturated rings. The summed E-state index contributed by atoms with van der Waals surface area (Å²) in [7, 11) is 0. The van der Waals surface area contributed by atoms with Gasteiger partial charge in [0.15, 0.2) is 0 Å². The van der Waals surface area contributed by atoms with E-state index in [0.29, 0.717) is 31.8 Å². The first-order valence-electron chi connectivity index (χ1n) is 11.2. The van der Waals surface area contributed by atoms with E-state index in [0.717, 1.165) is 22.6 Å². The fourth-order valence-corrected chi connectivity index (χ4v) is 4.45. The van der Waals surface area contributed by atoms with Crippen molar-refractivity contribution >= 4 is 22.6 Å². The molecule has 1 amide bonds. The fraction of sp³-hybridized carbons (Fsp3) is 0.259. The van der Waals surface area contributed by atoms with E-state index in [1.165, 1.54) is 23.3 Å². The zero-order valence-corrected chi connectivity index (χ0v) is 18.8. The van der Waals surface area contributed by atoms with Gasteiger partial charge in [-0.15, -0.1) is 0 Å². The fourth-order valence-electron chi connectivity index (χ4n) is 4.45. The number of fused-ring (bicyclic) bond motifs is 1. The lowest BCUT2D eigenvalue weighted by atomic mass is 10.1. The smallest absolute Gasteiger partial charge is 0.227 e. The minimum atomic E-state index is -0.312. The van der Waals surface area contributed by atoms with E-state index in [9.17, 15) is 9.18 Å². The maximum atomic E-state index is 13.3. The number of ether oxygens (including phenoxy) is 1. The second kappa shape index (κ2) is 8.70. The molecule has 5 rings (SSSR count). The van der Waals surface area contributed by atoms with Crippen LogP contribution in [-0.4, -0.2) is 28.6 Å². The predicted molar refractivity (Wildman–Crippen MR) is 127 cm³/mol. The highest BCUT2D eigenvalue weighted by atomic mass is 19.1. The van der Waals surface area contributed by atoms with Gasteiger partial charge in [-0.1, -0.05) is 18.2 Å². The van der Waals surface area contributed by atoms with Gasteiger partial charge in [0.1, 0.15) is 24.0 Å². The Kier molecular flexibility index (Phi) is 5.58. The minimum absolute atomic E-state index is 0.0246. The van der Waals surface area contributed by atoms with Crippen LogP contribution < -0.4 is 9.64 Å². The molecule has 0 N–H and O–H groups in total. The number of amides is 1. The van der Waals surface area contributed by atoms with Crippen molar-refractivity contribution in [1.82, 2.24) is 9.55 Å². The number of aryl methyl sites for hydroxylation is 2. The van der Waals surface area contributed by atoms with E-state index in [1.54, 1.807) is 17.0 Å². The van der Waals surface area contributed by atoms with E-state index >= 15 is 0 Å². The first-order valence-corrected chi connectivity index (χ1v) is 11.2. The summed E-state index contributed by atoms with van der Waals surface area (Å²) in [6, 6.07) is 20.2. The maximum absolute atomic E-state index is 13.3. The molecule has 0 spiro atoms. The second-order valence-electron chi connectivity index (χ2n) is 8.59. The molecule has 1 aromatic heterocycles. The van der Waals surface area contributed by atoms with E-state index in [2.05, 4.69) is 36.6 Å². The molecule has 5 nitrogen and oxygen atoms in total. The summed E-state index contributed by atoms with van der Waals surface area (Å²) in [5.41, 5.74) is 5.09. The van der Waals surface area contributed by atoms with Gasteiger partial charge in [0.25, 0.3) is 0 Å². The van der Waals surface area contributed by atoms with Crippen LogP contribution in [0.2, 0.25) is 0 Å². The van der Waals surface area contributed by atoms with Crippen molar-refractivity contribution in [2.75, 3.05) is 18.1 Å². The number of imidazole rings is 1. The molecule has 1 unspecified atom stereocenters. The Morgan fingerprint density at radius 1 is 1.03 bits per heavy atom. The van der Waals surface area contributed by atoms with Crippen molar-refractivity contribution in [1.29, 1.82) is 0 Å². The number of nitrogens with zero attached hydrogens (tertiary/aromatic N) is 3. The molecule has 1 saturated heterocycles. The standard InChI is InChI=1S/C27H26FN3O2/c1-18-7-12-23(15-19(18)2)33-14-13-30-25-6-4-3-5-24(25)29-27(30)20-16-26(32)31(17-20)22-10-8-21(28)9-11-22/h3-12,15,20H,13-14,16-17H2,1-2H3. The topological polar surface area (TPSA) is 47.4 Å². The molecule has 0 aliphatic carbocycles. The van der Waals surface area contributed by atoms with Gasteiger partial charge in [-0.05, 0) is 73.5 Å². The number of carbonyl (C=O) groups excluding carboxylic acids is 1. The highest BCUT2D eigenvalue weighted by molar-refractivity contribution is 5.96. The van der Waals surface area contributed by atoms with Crippen LogP contribution in [0.15, 0.2) is 66.7 Å². The monoisotopic (exact) mass is 443 g/mol. The van der Waals surface area contributed by atoms with Gasteiger partial charge in [-0.2, -0.15) is 0 Å². The number of para-hydroxylation sites is 2. The highest BCUT2D eigenvalue weighted by Crippen LogP contribution is 2.33.